The van der Waals surface area contributed by atoms with E-state index >= 15 is 0 Å². The zero-order chi connectivity index (χ0) is 23.0. The third-order valence-electron chi connectivity index (χ3n) is 6.83. The maximum absolute atomic E-state index is 13.5. The van der Waals surface area contributed by atoms with Crippen LogP contribution in [0.4, 0.5) is 0 Å². The molecule has 2 unspecified atom stereocenters. The lowest BCUT2D eigenvalue weighted by molar-refractivity contribution is -0.181. The minimum absolute atomic E-state index is 0.0111. The van der Waals surface area contributed by atoms with Gasteiger partial charge >= 0.3 is 0 Å². The summed E-state index contributed by atoms with van der Waals surface area (Å²) < 4.78 is 0. The highest BCUT2D eigenvalue weighted by molar-refractivity contribution is 6.33. The molecule has 2 fully saturated rings. The first kappa shape index (κ1) is 21.6. The van der Waals surface area contributed by atoms with Crippen LogP contribution in [-0.2, 0) is 25.6 Å². The first-order valence-corrected chi connectivity index (χ1v) is 10.1. The van der Waals surface area contributed by atoms with Crippen LogP contribution in [0.3, 0.4) is 0 Å². The molecule has 6 atom stereocenters. The molecule has 4 rings (SSSR count). The molecular weight excluding hydrogens is 428 g/mol. The number of likely N-dealkylation sites (N-methyl/N-ethyl adjacent to an activating group) is 1. The average Bonchev–Trinajstić information content (AvgIpc) is 2.63. The molecule has 1 amide bonds. The van der Waals surface area contributed by atoms with Crippen LogP contribution in [0.15, 0.2) is 12.1 Å². The number of aliphatic hydroxyl groups is 1. The molecule has 2 saturated carbocycles. The molecule has 0 saturated heterocycles. The van der Waals surface area contributed by atoms with Gasteiger partial charge in [0.15, 0.2) is 34.7 Å². The molecule has 10 heteroatoms. The number of hydrogen-bond acceptors (Lipinski definition) is 8. The summed E-state index contributed by atoms with van der Waals surface area (Å²) in [6.45, 7) is 0. The molecule has 1 aromatic carbocycles. The van der Waals surface area contributed by atoms with Gasteiger partial charge in [0.25, 0.3) is 0 Å². The average molecular weight is 449 g/mol. The third-order valence-corrected chi connectivity index (χ3v) is 7.05. The van der Waals surface area contributed by atoms with Crippen molar-refractivity contribution < 1.29 is 34.2 Å². The Balaban J connectivity index is 1.87. The fourth-order valence-electron chi connectivity index (χ4n) is 5.60. The van der Waals surface area contributed by atoms with Gasteiger partial charge in [-0.1, -0.05) is 11.6 Å². The van der Waals surface area contributed by atoms with Gasteiger partial charge in [0.05, 0.1) is 17.5 Å². The van der Waals surface area contributed by atoms with Crippen LogP contribution in [-0.4, -0.2) is 69.9 Å². The van der Waals surface area contributed by atoms with Crippen molar-refractivity contribution in [2.24, 2.45) is 29.4 Å². The highest BCUT2D eigenvalue weighted by atomic mass is 35.5. The van der Waals surface area contributed by atoms with Gasteiger partial charge in [-0.05, 0) is 50.6 Å². The topological polar surface area (TPSA) is 155 Å². The minimum Gasteiger partial charge on any atom is -0.507 e. The maximum atomic E-state index is 13.5. The van der Waals surface area contributed by atoms with Gasteiger partial charge in [0, 0.05) is 10.9 Å². The molecule has 1 aromatic rings. The lowest BCUT2D eigenvalue weighted by Gasteiger charge is -2.52. The smallest absolute Gasteiger partial charge is 0.235 e. The lowest BCUT2D eigenvalue weighted by atomic mass is 9.52. The molecule has 0 heterocycles. The minimum atomic E-state index is -2.71. The fraction of sp³-hybridized carbons (Fsp3) is 0.476. The molecule has 0 bridgehead atoms. The molecule has 164 valence electrons. The summed E-state index contributed by atoms with van der Waals surface area (Å²) in [7, 11) is 3.07. The molecule has 3 aliphatic rings. The third kappa shape index (κ3) is 2.80. The van der Waals surface area contributed by atoms with Crippen molar-refractivity contribution >= 4 is 40.6 Å². The van der Waals surface area contributed by atoms with Gasteiger partial charge in [-0.2, -0.15) is 0 Å². The van der Waals surface area contributed by atoms with E-state index in [-0.39, 0.29) is 29.2 Å². The number of halogens is 1. The van der Waals surface area contributed by atoms with E-state index in [1.54, 1.807) is 0 Å². The zero-order valence-corrected chi connectivity index (χ0v) is 17.5. The van der Waals surface area contributed by atoms with E-state index in [1.165, 1.54) is 31.1 Å². The van der Waals surface area contributed by atoms with Crippen LogP contribution >= 0.6 is 11.6 Å². The highest BCUT2D eigenvalue weighted by Gasteiger charge is 2.69. The molecule has 0 aromatic heterocycles. The monoisotopic (exact) mass is 448 g/mol. The van der Waals surface area contributed by atoms with Crippen LogP contribution < -0.4 is 5.73 Å². The number of Topliss-reactive ketones (excluding diaryl/α,β-unsaturated/α-hetero) is 4. The molecule has 4 N–H and O–H groups in total. The number of carbonyl (C=O) groups is 5. The number of nitrogens with zero attached hydrogens (tertiary/aromatic N) is 1. The molecule has 0 spiro atoms. The van der Waals surface area contributed by atoms with E-state index in [2.05, 4.69) is 0 Å². The maximum Gasteiger partial charge on any atom is 0.235 e. The second-order valence-electron chi connectivity index (χ2n) is 8.75. The number of phenols is 1. The number of hydrogen-bond donors (Lipinski definition) is 3. The predicted molar refractivity (Wildman–Crippen MR) is 106 cm³/mol. The Hall–Kier alpha value is -2.62. The van der Waals surface area contributed by atoms with Crippen molar-refractivity contribution in [2.75, 3.05) is 14.1 Å². The summed E-state index contributed by atoms with van der Waals surface area (Å²) >= 11 is 6.00. The Bertz CT molecular complexity index is 1070. The number of nitrogens with two attached hydrogens (primary N) is 1. The summed E-state index contributed by atoms with van der Waals surface area (Å²) in [6.07, 6.45) is 0.205. The van der Waals surface area contributed by atoms with Crippen molar-refractivity contribution in [2.45, 2.75) is 24.5 Å². The SMILES string of the molecule is CN(C)[C@@H]1C(=O)C(C(N)=O)C(=O)[C@@]2(O)C(=O)C3C(=O)c4c(O)cc(Cl)cc4C[C@H]3C[C@@H]12. The Morgan fingerprint density at radius 1 is 1.19 bits per heavy atom. The summed E-state index contributed by atoms with van der Waals surface area (Å²) in [6, 6.07) is 1.59. The lowest BCUT2D eigenvalue weighted by Crippen LogP contribution is -2.74. The van der Waals surface area contributed by atoms with Crippen LogP contribution in [0, 0.1) is 23.7 Å². The molecule has 0 radical (unpaired) electrons. The van der Waals surface area contributed by atoms with Crippen LogP contribution in [0.2, 0.25) is 5.02 Å². The number of benzene rings is 1. The Morgan fingerprint density at radius 3 is 2.42 bits per heavy atom. The molecule has 0 aliphatic heterocycles. The second-order valence-corrected chi connectivity index (χ2v) is 9.18. The Labute approximate surface area is 182 Å². The first-order chi connectivity index (χ1) is 14.4. The van der Waals surface area contributed by atoms with Crippen molar-refractivity contribution in [1.29, 1.82) is 0 Å². The first-order valence-electron chi connectivity index (χ1n) is 9.77. The van der Waals surface area contributed by atoms with Gasteiger partial charge in [-0.15, -0.1) is 0 Å². The summed E-state index contributed by atoms with van der Waals surface area (Å²) in [5, 5.41) is 21.8. The van der Waals surface area contributed by atoms with E-state index in [0.29, 0.717) is 5.56 Å². The van der Waals surface area contributed by atoms with Crippen molar-refractivity contribution in [3.63, 3.8) is 0 Å². The standard InChI is InChI=1S/C21H21ClN2O7/c1-24(2)15-10-5-8-3-7-4-9(22)6-11(25)12(7)16(26)13(8)18(28)21(10,31)19(29)14(17(15)27)20(23)30/h4,6,8,10,13-15,25,31H,3,5H2,1-2H3,(H2,23,30)/t8-,10-,13?,14?,15-,21-/m0/s1. The van der Waals surface area contributed by atoms with Gasteiger partial charge in [0.2, 0.25) is 5.91 Å². The highest BCUT2D eigenvalue weighted by Crippen LogP contribution is 2.50. The van der Waals surface area contributed by atoms with Gasteiger partial charge < -0.3 is 15.9 Å². The number of rotatable bonds is 2. The van der Waals surface area contributed by atoms with E-state index < -0.39 is 64.4 Å². The van der Waals surface area contributed by atoms with Gasteiger partial charge in [0.1, 0.15) is 5.75 Å². The summed E-state index contributed by atoms with van der Waals surface area (Å²) in [5.41, 5.74) is 2.93. The van der Waals surface area contributed by atoms with E-state index in [4.69, 9.17) is 17.3 Å². The van der Waals surface area contributed by atoms with Crippen LogP contribution in [0.1, 0.15) is 22.3 Å². The van der Waals surface area contributed by atoms with Crippen molar-refractivity contribution in [1.82, 2.24) is 4.90 Å². The number of primary amides is 1. The van der Waals surface area contributed by atoms with Crippen LogP contribution in [0.5, 0.6) is 5.75 Å². The number of ketones is 4. The zero-order valence-electron chi connectivity index (χ0n) is 16.8. The molecule has 9 nitrogen and oxygen atoms in total. The van der Waals surface area contributed by atoms with Crippen molar-refractivity contribution in [3.8, 4) is 5.75 Å². The van der Waals surface area contributed by atoms with Gasteiger partial charge in [-0.3, -0.25) is 28.9 Å². The molecule has 3 aliphatic carbocycles. The van der Waals surface area contributed by atoms with E-state index in [9.17, 15) is 34.2 Å². The Kier molecular flexibility index (Phi) is 4.84. The van der Waals surface area contributed by atoms with Gasteiger partial charge in [-0.25, -0.2) is 0 Å². The number of carbonyl (C=O) groups excluding carboxylic acids is 5. The quantitative estimate of drug-likeness (QED) is 0.512. The second kappa shape index (κ2) is 6.94. The van der Waals surface area contributed by atoms with Crippen LogP contribution in [0.25, 0.3) is 0 Å². The summed E-state index contributed by atoms with van der Waals surface area (Å²) in [5.74, 6) is -10.6. The number of fused-ring (bicyclic) bond motifs is 3. The predicted octanol–water partition coefficient (Wildman–Crippen LogP) is -0.480. The largest absolute Gasteiger partial charge is 0.507 e. The summed E-state index contributed by atoms with van der Waals surface area (Å²) in [4.78, 5) is 66.0. The molecule has 31 heavy (non-hydrogen) atoms. The van der Waals surface area contributed by atoms with E-state index in [1.807, 2.05) is 0 Å². The fourth-order valence-corrected chi connectivity index (χ4v) is 5.83. The Morgan fingerprint density at radius 2 is 1.84 bits per heavy atom. The van der Waals surface area contributed by atoms with E-state index in [0.717, 1.165) is 0 Å². The number of amides is 1. The molecular formula is C21H21ClN2O7. The number of phenolic OH excluding ortho intramolecular Hbond substituents is 1. The van der Waals surface area contributed by atoms with Crippen molar-refractivity contribution in [3.05, 3.63) is 28.3 Å². The number of aromatic hydroxyl groups is 1. The normalized spacial score (nSPS) is 34.9.